The first kappa shape index (κ1) is 19.9. The third kappa shape index (κ3) is 4.47. The topological polar surface area (TPSA) is 58.4 Å². The van der Waals surface area contributed by atoms with E-state index in [0.29, 0.717) is 29.5 Å². The van der Waals surface area contributed by atoms with Crippen LogP contribution >= 0.6 is 0 Å². The number of aromatic nitrogens is 1. The highest BCUT2D eigenvalue weighted by Crippen LogP contribution is 2.34. The minimum atomic E-state index is -4.40. The van der Waals surface area contributed by atoms with Crippen molar-refractivity contribution < 1.29 is 22.5 Å². The van der Waals surface area contributed by atoms with E-state index in [1.807, 2.05) is 7.05 Å². The van der Waals surface area contributed by atoms with Gasteiger partial charge >= 0.3 is 6.18 Å². The molecule has 8 heteroatoms. The van der Waals surface area contributed by atoms with Gasteiger partial charge in [-0.2, -0.15) is 13.2 Å². The van der Waals surface area contributed by atoms with Gasteiger partial charge in [-0.15, -0.1) is 0 Å². The summed E-state index contributed by atoms with van der Waals surface area (Å²) in [4.78, 5) is 14.9. The van der Waals surface area contributed by atoms with Crippen LogP contribution in [0.4, 0.5) is 13.2 Å². The molecule has 1 aromatic carbocycles. The van der Waals surface area contributed by atoms with E-state index >= 15 is 0 Å². The summed E-state index contributed by atoms with van der Waals surface area (Å²) in [7, 11) is 1.97. The van der Waals surface area contributed by atoms with Gasteiger partial charge in [-0.05, 0) is 44.9 Å². The second-order valence-corrected chi connectivity index (χ2v) is 8.02. The number of nitrogens with one attached hydrogen (secondary N) is 1. The summed E-state index contributed by atoms with van der Waals surface area (Å²) in [5.74, 6) is 0.0702. The molecule has 1 N–H and O–H groups in total. The SMILES string of the molecule is CN(Cc1c(C(=O)NC2CCCC2)noc1-c1ccc(C(F)(F)F)cc1)C1CC1. The lowest BCUT2D eigenvalue weighted by Crippen LogP contribution is -2.34. The van der Waals surface area contributed by atoms with Crippen molar-refractivity contribution in [3.05, 3.63) is 41.1 Å². The molecule has 2 aliphatic rings. The number of hydrogen-bond donors (Lipinski definition) is 1. The Labute approximate surface area is 167 Å². The summed E-state index contributed by atoms with van der Waals surface area (Å²) in [6.07, 6.45) is 1.89. The molecule has 0 spiro atoms. The van der Waals surface area contributed by atoms with E-state index in [1.54, 1.807) is 0 Å². The van der Waals surface area contributed by atoms with Gasteiger partial charge in [0.1, 0.15) is 0 Å². The maximum Gasteiger partial charge on any atom is 0.416 e. The fraction of sp³-hybridized carbons (Fsp3) is 0.524. The number of rotatable bonds is 6. The Bertz CT molecular complexity index is 866. The van der Waals surface area contributed by atoms with Crippen LogP contribution in [0.3, 0.4) is 0 Å². The molecule has 156 valence electrons. The fourth-order valence-electron chi connectivity index (χ4n) is 3.89. The lowest BCUT2D eigenvalue weighted by molar-refractivity contribution is -0.137. The minimum absolute atomic E-state index is 0.141. The van der Waals surface area contributed by atoms with Crippen LogP contribution in [0.2, 0.25) is 0 Å². The first-order chi connectivity index (χ1) is 13.8. The highest BCUT2D eigenvalue weighted by Gasteiger charge is 2.33. The molecule has 0 unspecified atom stereocenters. The first-order valence-electron chi connectivity index (χ1n) is 10.00. The van der Waals surface area contributed by atoms with Gasteiger partial charge in [0, 0.05) is 29.8 Å². The standard InChI is InChI=1S/C21H24F3N3O2/c1-27(16-10-11-16)12-17-18(20(28)25-15-4-2-3-5-15)26-29-19(17)13-6-8-14(9-7-13)21(22,23)24/h6-9,15-16H,2-5,10-12H2,1H3,(H,25,28). The minimum Gasteiger partial charge on any atom is -0.355 e. The number of alkyl halides is 3. The largest absolute Gasteiger partial charge is 0.416 e. The summed E-state index contributed by atoms with van der Waals surface area (Å²) in [5.41, 5.74) is 0.593. The summed E-state index contributed by atoms with van der Waals surface area (Å²) in [6.45, 7) is 0.456. The Hall–Kier alpha value is -2.35. The van der Waals surface area contributed by atoms with Crippen LogP contribution in [0, 0.1) is 0 Å². The number of carbonyl (C=O) groups is 1. The van der Waals surface area contributed by atoms with Crippen molar-refractivity contribution in [1.29, 1.82) is 0 Å². The molecule has 0 bridgehead atoms. The second-order valence-electron chi connectivity index (χ2n) is 8.02. The molecule has 29 heavy (non-hydrogen) atoms. The Kier molecular flexibility index (Phi) is 5.38. The number of amides is 1. The first-order valence-corrected chi connectivity index (χ1v) is 10.00. The average Bonchev–Trinajstić information content (AvgIpc) is 3.26. The van der Waals surface area contributed by atoms with Crippen molar-refractivity contribution in [2.45, 2.75) is 63.3 Å². The molecular weight excluding hydrogens is 383 g/mol. The van der Waals surface area contributed by atoms with Gasteiger partial charge in [0.05, 0.1) is 5.56 Å². The predicted octanol–water partition coefficient (Wildman–Crippen LogP) is 4.63. The second kappa shape index (κ2) is 7.82. The zero-order chi connectivity index (χ0) is 20.6. The maximum atomic E-state index is 12.9. The van der Waals surface area contributed by atoms with Gasteiger partial charge in [0.15, 0.2) is 11.5 Å². The molecule has 0 aliphatic heterocycles. The maximum absolute atomic E-state index is 12.9. The molecule has 1 heterocycles. The van der Waals surface area contributed by atoms with Crippen LogP contribution in [0.25, 0.3) is 11.3 Å². The summed E-state index contributed by atoms with van der Waals surface area (Å²) < 4.78 is 44.1. The molecule has 2 aliphatic carbocycles. The predicted molar refractivity (Wildman–Crippen MR) is 101 cm³/mol. The van der Waals surface area contributed by atoms with Gasteiger partial charge in [0.25, 0.3) is 5.91 Å². The Balaban J connectivity index is 1.63. The highest BCUT2D eigenvalue weighted by atomic mass is 19.4. The molecule has 1 amide bonds. The molecule has 0 atom stereocenters. The summed E-state index contributed by atoms with van der Waals surface area (Å²) in [6, 6.07) is 5.36. The molecule has 4 rings (SSSR count). The van der Waals surface area contributed by atoms with Crippen molar-refractivity contribution in [3.63, 3.8) is 0 Å². The lowest BCUT2D eigenvalue weighted by atomic mass is 10.0. The van der Waals surface area contributed by atoms with Gasteiger partial charge in [0.2, 0.25) is 0 Å². The number of nitrogens with zero attached hydrogens (tertiary/aromatic N) is 2. The average molecular weight is 407 g/mol. The fourth-order valence-corrected chi connectivity index (χ4v) is 3.89. The molecule has 2 saturated carbocycles. The molecule has 0 saturated heterocycles. The van der Waals surface area contributed by atoms with Crippen molar-refractivity contribution >= 4 is 5.91 Å². The van der Waals surface area contributed by atoms with Gasteiger partial charge in [-0.25, -0.2) is 0 Å². The van der Waals surface area contributed by atoms with E-state index in [2.05, 4.69) is 15.4 Å². The van der Waals surface area contributed by atoms with Gasteiger partial charge in [-0.1, -0.05) is 30.1 Å². The van der Waals surface area contributed by atoms with E-state index in [9.17, 15) is 18.0 Å². The zero-order valence-electron chi connectivity index (χ0n) is 16.3. The number of hydrogen-bond acceptors (Lipinski definition) is 4. The quantitative estimate of drug-likeness (QED) is 0.759. The third-order valence-electron chi connectivity index (χ3n) is 5.75. The van der Waals surface area contributed by atoms with E-state index in [4.69, 9.17) is 4.52 Å². The zero-order valence-corrected chi connectivity index (χ0v) is 16.3. The van der Waals surface area contributed by atoms with Crippen LogP contribution in [-0.2, 0) is 12.7 Å². The lowest BCUT2D eigenvalue weighted by Gasteiger charge is -2.17. The monoisotopic (exact) mass is 407 g/mol. The van der Waals surface area contributed by atoms with Crippen LogP contribution < -0.4 is 5.32 Å². The molecule has 5 nitrogen and oxygen atoms in total. The Morgan fingerprint density at radius 1 is 1.17 bits per heavy atom. The number of benzene rings is 1. The van der Waals surface area contributed by atoms with Crippen molar-refractivity contribution in [2.24, 2.45) is 0 Å². The molecule has 0 radical (unpaired) electrons. The normalized spacial score (nSPS) is 17.8. The molecular formula is C21H24F3N3O2. The van der Waals surface area contributed by atoms with E-state index in [1.165, 1.54) is 12.1 Å². The van der Waals surface area contributed by atoms with E-state index in [-0.39, 0.29) is 17.6 Å². The van der Waals surface area contributed by atoms with Crippen LogP contribution in [0.1, 0.15) is 60.1 Å². The molecule has 2 fully saturated rings. The number of halogens is 3. The summed E-state index contributed by atoms with van der Waals surface area (Å²) in [5, 5.41) is 7.02. The Morgan fingerprint density at radius 3 is 2.41 bits per heavy atom. The van der Waals surface area contributed by atoms with Gasteiger partial charge in [-0.3, -0.25) is 9.69 Å². The smallest absolute Gasteiger partial charge is 0.355 e. The van der Waals surface area contributed by atoms with E-state index in [0.717, 1.165) is 50.7 Å². The Morgan fingerprint density at radius 2 is 1.83 bits per heavy atom. The molecule has 2 aromatic rings. The van der Waals surface area contributed by atoms with E-state index < -0.39 is 11.7 Å². The van der Waals surface area contributed by atoms with Crippen LogP contribution in [-0.4, -0.2) is 35.1 Å². The van der Waals surface area contributed by atoms with Crippen molar-refractivity contribution in [3.8, 4) is 11.3 Å². The third-order valence-corrected chi connectivity index (χ3v) is 5.75. The molecule has 1 aromatic heterocycles. The van der Waals surface area contributed by atoms with Crippen molar-refractivity contribution in [2.75, 3.05) is 7.05 Å². The summed E-state index contributed by atoms with van der Waals surface area (Å²) >= 11 is 0. The van der Waals surface area contributed by atoms with Crippen molar-refractivity contribution in [1.82, 2.24) is 15.4 Å². The number of carbonyl (C=O) groups excluding carboxylic acids is 1. The van der Waals surface area contributed by atoms with Crippen LogP contribution in [0.5, 0.6) is 0 Å². The highest BCUT2D eigenvalue weighted by molar-refractivity contribution is 5.95. The van der Waals surface area contributed by atoms with Crippen LogP contribution in [0.15, 0.2) is 28.8 Å². The van der Waals surface area contributed by atoms with Gasteiger partial charge < -0.3 is 9.84 Å².